The van der Waals surface area contributed by atoms with Gasteiger partial charge in [-0.25, -0.2) is 0 Å². The van der Waals surface area contributed by atoms with Gasteiger partial charge in [0, 0.05) is 22.7 Å². The monoisotopic (exact) mass is 152 g/mol. The predicted octanol–water partition coefficient (Wildman–Crippen LogP) is 1.91. The molecule has 1 aliphatic carbocycles. The highest BCUT2D eigenvalue weighted by Crippen LogP contribution is 2.56. The highest BCUT2D eigenvalue weighted by molar-refractivity contribution is 5.83. The van der Waals surface area contributed by atoms with Crippen molar-refractivity contribution >= 4 is 6.21 Å². The van der Waals surface area contributed by atoms with Gasteiger partial charge in [0.1, 0.15) is 0 Å². The minimum atomic E-state index is 0.0554. The van der Waals surface area contributed by atoms with Crippen molar-refractivity contribution in [1.82, 2.24) is 0 Å². The Kier molecular flexibility index (Phi) is 1.41. The van der Waals surface area contributed by atoms with Crippen molar-refractivity contribution in [2.24, 2.45) is 16.6 Å². The van der Waals surface area contributed by atoms with Crippen LogP contribution < -0.4 is 5.73 Å². The summed E-state index contributed by atoms with van der Waals surface area (Å²) in [6.07, 6.45) is 1.38. The van der Waals surface area contributed by atoms with E-state index in [1.807, 2.05) is 0 Å². The molecule has 0 atom stereocenters. The molecule has 0 saturated heterocycles. The van der Waals surface area contributed by atoms with Crippen molar-refractivity contribution < 1.29 is 0 Å². The van der Waals surface area contributed by atoms with Crippen LogP contribution in [0, 0.1) is 16.2 Å². The molecule has 1 rings (SSSR count). The predicted molar refractivity (Wildman–Crippen MR) is 47.6 cm³/mol. The van der Waals surface area contributed by atoms with Gasteiger partial charge in [-0.3, -0.25) is 0 Å². The molecule has 3 N–H and O–H groups in total. The zero-order chi connectivity index (χ0) is 8.86. The summed E-state index contributed by atoms with van der Waals surface area (Å²) >= 11 is 0. The highest BCUT2D eigenvalue weighted by Gasteiger charge is 2.51. The van der Waals surface area contributed by atoms with Crippen LogP contribution in [0.15, 0.2) is 11.3 Å². The van der Waals surface area contributed by atoms with Crippen LogP contribution in [0.4, 0.5) is 0 Å². The lowest BCUT2D eigenvalue weighted by atomic mass is 9.52. The van der Waals surface area contributed by atoms with Crippen molar-refractivity contribution in [2.45, 2.75) is 27.7 Å². The van der Waals surface area contributed by atoms with Gasteiger partial charge in [-0.1, -0.05) is 27.7 Å². The van der Waals surface area contributed by atoms with Gasteiger partial charge < -0.3 is 11.1 Å². The SMILES string of the molecule is CC1(C)C(N)=C(C=N)C1(C)C. The van der Waals surface area contributed by atoms with Crippen LogP contribution in [0.5, 0.6) is 0 Å². The molecule has 0 radical (unpaired) electrons. The number of nitrogens with two attached hydrogens (primary N) is 1. The number of nitrogens with one attached hydrogen (secondary N) is 1. The third-order valence-corrected chi connectivity index (χ3v) is 3.34. The normalized spacial score (nSPS) is 26.2. The number of hydrogen-bond donors (Lipinski definition) is 2. The molecule has 2 heteroatoms. The van der Waals surface area contributed by atoms with Gasteiger partial charge in [0.15, 0.2) is 0 Å². The van der Waals surface area contributed by atoms with Crippen molar-refractivity contribution in [2.75, 3.05) is 0 Å². The van der Waals surface area contributed by atoms with E-state index in [1.165, 1.54) is 6.21 Å². The summed E-state index contributed by atoms with van der Waals surface area (Å²) in [6, 6.07) is 0. The first kappa shape index (κ1) is 8.31. The fourth-order valence-electron chi connectivity index (χ4n) is 1.54. The van der Waals surface area contributed by atoms with E-state index in [1.54, 1.807) is 0 Å². The van der Waals surface area contributed by atoms with E-state index in [-0.39, 0.29) is 10.8 Å². The van der Waals surface area contributed by atoms with E-state index in [0.717, 1.165) is 11.3 Å². The number of allylic oxidation sites excluding steroid dienone is 2. The molecular formula is C9H16N2. The Morgan fingerprint density at radius 1 is 1.18 bits per heavy atom. The van der Waals surface area contributed by atoms with Crippen LogP contribution in [0.1, 0.15) is 27.7 Å². The molecule has 0 spiro atoms. The van der Waals surface area contributed by atoms with E-state index < -0.39 is 0 Å². The van der Waals surface area contributed by atoms with E-state index in [2.05, 4.69) is 27.7 Å². The Morgan fingerprint density at radius 2 is 1.64 bits per heavy atom. The van der Waals surface area contributed by atoms with Crippen molar-refractivity contribution in [3.63, 3.8) is 0 Å². The average molecular weight is 152 g/mol. The second-order valence-corrected chi connectivity index (χ2v) is 4.22. The van der Waals surface area contributed by atoms with Crippen LogP contribution in [-0.2, 0) is 0 Å². The highest BCUT2D eigenvalue weighted by atomic mass is 14.7. The molecule has 0 heterocycles. The van der Waals surface area contributed by atoms with Crippen LogP contribution >= 0.6 is 0 Å². The molecule has 62 valence electrons. The topological polar surface area (TPSA) is 49.9 Å². The third kappa shape index (κ3) is 0.697. The first-order valence-corrected chi connectivity index (χ1v) is 3.87. The quantitative estimate of drug-likeness (QED) is 0.554. The second-order valence-electron chi connectivity index (χ2n) is 4.22. The van der Waals surface area contributed by atoms with Gasteiger partial charge in [0.2, 0.25) is 0 Å². The first-order valence-electron chi connectivity index (χ1n) is 3.87. The standard InChI is InChI=1S/C9H16N2/c1-8(2)6(5-10)7(11)9(8,3)4/h5,10H,11H2,1-4H3. The van der Waals surface area contributed by atoms with Crippen molar-refractivity contribution in [1.29, 1.82) is 5.41 Å². The summed E-state index contributed by atoms with van der Waals surface area (Å²) in [5.74, 6) is 0. The first-order chi connectivity index (χ1) is 4.85. The van der Waals surface area contributed by atoms with Gasteiger partial charge in [-0.2, -0.15) is 0 Å². The molecule has 2 nitrogen and oxygen atoms in total. The summed E-state index contributed by atoms with van der Waals surface area (Å²) in [7, 11) is 0. The third-order valence-electron chi connectivity index (χ3n) is 3.34. The molecule has 0 amide bonds. The molecule has 0 aromatic heterocycles. The summed E-state index contributed by atoms with van der Waals surface area (Å²) < 4.78 is 0. The average Bonchev–Trinajstić information content (AvgIpc) is 1.88. The molecule has 11 heavy (non-hydrogen) atoms. The van der Waals surface area contributed by atoms with Crippen molar-refractivity contribution in [3.05, 3.63) is 11.3 Å². The number of hydrogen-bond acceptors (Lipinski definition) is 2. The molecule has 0 saturated carbocycles. The fraction of sp³-hybridized carbons (Fsp3) is 0.667. The van der Waals surface area contributed by atoms with Crippen molar-refractivity contribution in [3.8, 4) is 0 Å². The van der Waals surface area contributed by atoms with Crippen LogP contribution in [-0.4, -0.2) is 6.21 Å². The molecule has 0 bridgehead atoms. The molecule has 0 aromatic rings. The molecule has 0 aliphatic heterocycles. The minimum absolute atomic E-state index is 0.0554. The lowest BCUT2D eigenvalue weighted by Gasteiger charge is -2.52. The Morgan fingerprint density at radius 3 is 1.82 bits per heavy atom. The van der Waals surface area contributed by atoms with Crippen LogP contribution in [0.25, 0.3) is 0 Å². The fourth-order valence-corrected chi connectivity index (χ4v) is 1.54. The maximum Gasteiger partial charge on any atom is 0.0233 e. The van der Waals surface area contributed by atoms with Gasteiger partial charge in [0.05, 0.1) is 0 Å². The summed E-state index contributed by atoms with van der Waals surface area (Å²) in [4.78, 5) is 0. The summed E-state index contributed by atoms with van der Waals surface area (Å²) in [6.45, 7) is 8.50. The Bertz CT molecular complexity index is 234. The Labute approximate surface area is 68.0 Å². The molecule has 0 aromatic carbocycles. The second kappa shape index (κ2) is 1.87. The van der Waals surface area contributed by atoms with Crippen LogP contribution in [0.3, 0.4) is 0 Å². The Balaban J connectivity index is 3.17. The maximum absolute atomic E-state index is 7.16. The summed E-state index contributed by atoms with van der Waals surface area (Å²) in [5, 5.41) is 7.16. The smallest absolute Gasteiger partial charge is 0.0233 e. The van der Waals surface area contributed by atoms with Gasteiger partial charge in [0.25, 0.3) is 0 Å². The molecule has 1 aliphatic rings. The van der Waals surface area contributed by atoms with E-state index in [0.29, 0.717) is 0 Å². The molecular weight excluding hydrogens is 136 g/mol. The minimum Gasteiger partial charge on any atom is -0.401 e. The number of rotatable bonds is 1. The lowest BCUT2D eigenvalue weighted by Crippen LogP contribution is -2.49. The van der Waals surface area contributed by atoms with E-state index in [4.69, 9.17) is 11.1 Å². The van der Waals surface area contributed by atoms with E-state index >= 15 is 0 Å². The molecule has 0 fully saturated rings. The Hall–Kier alpha value is -0.790. The van der Waals surface area contributed by atoms with Gasteiger partial charge in [-0.05, 0) is 5.57 Å². The zero-order valence-corrected chi connectivity index (χ0v) is 7.65. The summed E-state index contributed by atoms with van der Waals surface area (Å²) in [5.41, 5.74) is 7.80. The maximum atomic E-state index is 7.16. The zero-order valence-electron chi connectivity index (χ0n) is 7.65. The largest absolute Gasteiger partial charge is 0.401 e. The van der Waals surface area contributed by atoms with Crippen LogP contribution in [0.2, 0.25) is 0 Å². The molecule has 0 unspecified atom stereocenters. The van der Waals surface area contributed by atoms with Gasteiger partial charge in [-0.15, -0.1) is 0 Å². The lowest BCUT2D eigenvalue weighted by molar-refractivity contribution is 0.151. The van der Waals surface area contributed by atoms with Gasteiger partial charge >= 0.3 is 0 Å². The van der Waals surface area contributed by atoms with E-state index in [9.17, 15) is 0 Å².